The summed E-state index contributed by atoms with van der Waals surface area (Å²) in [5.41, 5.74) is 8.14. The second-order valence-electron chi connectivity index (χ2n) is 5.95. The number of aryl methyl sites for hydroxylation is 1. The van der Waals surface area contributed by atoms with E-state index >= 15 is 0 Å². The van der Waals surface area contributed by atoms with Crippen LogP contribution in [0.25, 0.3) is 0 Å². The Balaban J connectivity index is 2.25. The van der Waals surface area contributed by atoms with E-state index in [0.29, 0.717) is 0 Å². The van der Waals surface area contributed by atoms with Crippen LogP contribution in [0.2, 0.25) is 0 Å². The predicted molar refractivity (Wildman–Crippen MR) is 78.9 cm³/mol. The van der Waals surface area contributed by atoms with Gasteiger partial charge in [0.1, 0.15) is 5.75 Å². The van der Waals surface area contributed by atoms with E-state index in [0.717, 1.165) is 28.3 Å². The summed E-state index contributed by atoms with van der Waals surface area (Å²) in [6.07, 6.45) is 3.94. The van der Waals surface area contributed by atoms with Crippen LogP contribution >= 0.6 is 15.9 Å². The van der Waals surface area contributed by atoms with Crippen LogP contribution in [0.4, 0.5) is 0 Å². The zero-order valence-corrected chi connectivity index (χ0v) is 13.0. The van der Waals surface area contributed by atoms with Crippen LogP contribution < -0.4 is 10.5 Å². The largest absolute Gasteiger partial charge is 0.492 e. The Bertz CT molecular complexity index is 433. The summed E-state index contributed by atoms with van der Waals surface area (Å²) in [4.78, 5) is 0. The van der Waals surface area contributed by atoms with Crippen molar-refractivity contribution in [3.63, 3.8) is 0 Å². The standard InChI is InChI=1S/C15H22BrNO/c1-10-7-12(15(2,3)17)14(13(16)8-10)18-9-11-5-4-6-11/h7-8,11H,4-6,9,17H2,1-3H3. The van der Waals surface area contributed by atoms with E-state index in [2.05, 4.69) is 35.0 Å². The molecule has 3 heteroatoms. The molecule has 2 N–H and O–H groups in total. The fourth-order valence-corrected chi connectivity index (χ4v) is 2.90. The molecule has 1 aliphatic rings. The van der Waals surface area contributed by atoms with Gasteiger partial charge in [0, 0.05) is 11.1 Å². The summed E-state index contributed by atoms with van der Waals surface area (Å²) in [5.74, 6) is 1.65. The van der Waals surface area contributed by atoms with Crippen LogP contribution in [0, 0.1) is 12.8 Å². The summed E-state index contributed by atoms with van der Waals surface area (Å²) in [6.45, 7) is 6.93. The predicted octanol–water partition coefficient (Wildman–Crippen LogP) is 4.13. The van der Waals surface area contributed by atoms with Crippen molar-refractivity contribution in [3.8, 4) is 5.75 Å². The molecule has 0 aromatic heterocycles. The minimum Gasteiger partial charge on any atom is -0.492 e. The Morgan fingerprint density at radius 3 is 2.56 bits per heavy atom. The van der Waals surface area contributed by atoms with Crippen LogP contribution in [0.3, 0.4) is 0 Å². The third-order valence-electron chi connectivity index (χ3n) is 3.57. The van der Waals surface area contributed by atoms with Crippen LogP contribution in [0.15, 0.2) is 16.6 Å². The molecule has 0 aliphatic heterocycles. The molecule has 0 unspecified atom stereocenters. The Hall–Kier alpha value is -0.540. The fourth-order valence-electron chi connectivity index (χ4n) is 2.21. The zero-order chi connectivity index (χ0) is 13.3. The number of benzene rings is 1. The lowest BCUT2D eigenvalue weighted by Crippen LogP contribution is -2.30. The Morgan fingerprint density at radius 1 is 1.39 bits per heavy atom. The van der Waals surface area contributed by atoms with E-state index in [9.17, 15) is 0 Å². The molecular weight excluding hydrogens is 290 g/mol. The second kappa shape index (κ2) is 5.22. The number of ether oxygens (including phenoxy) is 1. The van der Waals surface area contributed by atoms with Gasteiger partial charge in [-0.15, -0.1) is 0 Å². The molecule has 0 amide bonds. The van der Waals surface area contributed by atoms with Crippen molar-refractivity contribution in [2.75, 3.05) is 6.61 Å². The van der Waals surface area contributed by atoms with E-state index in [-0.39, 0.29) is 5.54 Å². The molecule has 2 rings (SSSR count). The molecule has 0 heterocycles. The van der Waals surface area contributed by atoms with Crippen LogP contribution in [0.1, 0.15) is 44.2 Å². The van der Waals surface area contributed by atoms with Crippen molar-refractivity contribution >= 4 is 15.9 Å². The first-order chi connectivity index (χ1) is 8.38. The first-order valence-corrected chi connectivity index (χ1v) is 7.39. The molecule has 0 spiro atoms. The maximum Gasteiger partial charge on any atom is 0.138 e. The van der Waals surface area contributed by atoms with Gasteiger partial charge in [-0.05, 0) is 67.1 Å². The minimum absolute atomic E-state index is 0.385. The highest BCUT2D eigenvalue weighted by molar-refractivity contribution is 9.10. The first-order valence-electron chi connectivity index (χ1n) is 6.60. The Labute approximate surface area is 118 Å². The molecule has 0 saturated heterocycles. The van der Waals surface area contributed by atoms with E-state index in [4.69, 9.17) is 10.5 Å². The second-order valence-corrected chi connectivity index (χ2v) is 6.81. The van der Waals surface area contributed by atoms with Crippen LogP contribution in [0.5, 0.6) is 5.75 Å². The average molecular weight is 312 g/mol. The van der Waals surface area contributed by atoms with Gasteiger partial charge in [0.25, 0.3) is 0 Å². The summed E-state index contributed by atoms with van der Waals surface area (Å²) >= 11 is 3.60. The van der Waals surface area contributed by atoms with Crippen molar-refractivity contribution < 1.29 is 4.74 Å². The van der Waals surface area contributed by atoms with E-state index < -0.39 is 0 Å². The minimum atomic E-state index is -0.385. The lowest BCUT2D eigenvalue weighted by Gasteiger charge is -2.28. The van der Waals surface area contributed by atoms with Crippen LogP contribution in [-0.2, 0) is 5.54 Å². The van der Waals surface area contributed by atoms with Gasteiger partial charge in [0.2, 0.25) is 0 Å². The summed E-state index contributed by atoms with van der Waals surface area (Å²) in [6, 6.07) is 4.21. The number of halogens is 1. The van der Waals surface area contributed by atoms with Crippen molar-refractivity contribution in [2.24, 2.45) is 11.7 Å². The molecule has 0 bridgehead atoms. The topological polar surface area (TPSA) is 35.2 Å². The van der Waals surface area contributed by atoms with Crippen molar-refractivity contribution in [1.82, 2.24) is 0 Å². The summed E-state index contributed by atoms with van der Waals surface area (Å²) < 4.78 is 7.04. The Kier molecular flexibility index (Phi) is 4.02. The lowest BCUT2D eigenvalue weighted by atomic mass is 9.86. The van der Waals surface area contributed by atoms with Gasteiger partial charge < -0.3 is 10.5 Å². The SMILES string of the molecule is Cc1cc(Br)c(OCC2CCC2)c(C(C)(C)N)c1. The normalized spacial score (nSPS) is 16.5. The average Bonchev–Trinajstić information content (AvgIpc) is 2.16. The van der Waals surface area contributed by atoms with Crippen molar-refractivity contribution in [3.05, 3.63) is 27.7 Å². The summed E-state index contributed by atoms with van der Waals surface area (Å²) in [7, 11) is 0. The van der Waals surface area contributed by atoms with E-state index in [1.165, 1.54) is 24.8 Å². The van der Waals surface area contributed by atoms with E-state index in [1.54, 1.807) is 0 Å². The number of rotatable bonds is 4. The maximum atomic E-state index is 6.25. The van der Waals surface area contributed by atoms with Gasteiger partial charge in [-0.1, -0.05) is 12.5 Å². The zero-order valence-electron chi connectivity index (χ0n) is 11.4. The van der Waals surface area contributed by atoms with Gasteiger partial charge in [-0.2, -0.15) is 0 Å². The summed E-state index contributed by atoms with van der Waals surface area (Å²) in [5, 5.41) is 0. The van der Waals surface area contributed by atoms with Gasteiger partial charge in [-0.3, -0.25) is 0 Å². The maximum absolute atomic E-state index is 6.25. The van der Waals surface area contributed by atoms with E-state index in [1.807, 2.05) is 13.8 Å². The van der Waals surface area contributed by atoms with Crippen molar-refractivity contribution in [2.45, 2.75) is 45.6 Å². The third kappa shape index (κ3) is 3.07. The highest BCUT2D eigenvalue weighted by Crippen LogP contribution is 2.37. The quantitative estimate of drug-likeness (QED) is 0.907. The van der Waals surface area contributed by atoms with Gasteiger partial charge >= 0.3 is 0 Å². The number of hydrogen-bond acceptors (Lipinski definition) is 2. The number of hydrogen-bond donors (Lipinski definition) is 1. The van der Waals surface area contributed by atoms with Gasteiger partial charge in [0.05, 0.1) is 11.1 Å². The smallest absolute Gasteiger partial charge is 0.138 e. The number of nitrogens with two attached hydrogens (primary N) is 1. The first kappa shape index (κ1) is 13.9. The molecule has 2 nitrogen and oxygen atoms in total. The fraction of sp³-hybridized carbons (Fsp3) is 0.600. The molecule has 0 radical (unpaired) electrons. The monoisotopic (exact) mass is 311 g/mol. The third-order valence-corrected chi connectivity index (χ3v) is 4.16. The van der Waals surface area contributed by atoms with Gasteiger partial charge in [0.15, 0.2) is 0 Å². The molecule has 1 saturated carbocycles. The molecule has 1 aromatic carbocycles. The molecular formula is C15H22BrNO. The highest BCUT2D eigenvalue weighted by atomic mass is 79.9. The van der Waals surface area contributed by atoms with Crippen LogP contribution in [-0.4, -0.2) is 6.61 Å². The molecule has 1 aromatic rings. The molecule has 100 valence electrons. The van der Waals surface area contributed by atoms with Crippen molar-refractivity contribution in [1.29, 1.82) is 0 Å². The highest BCUT2D eigenvalue weighted by Gasteiger charge is 2.24. The molecule has 1 fully saturated rings. The molecule has 0 atom stereocenters. The lowest BCUT2D eigenvalue weighted by molar-refractivity contribution is 0.177. The molecule has 1 aliphatic carbocycles. The Morgan fingerprint density at radius 2 is 2.06 bits per heavy atom. The molecule has 18 heavy (non-hydrogen) atoms. The van der Waals surface area contributed by atoms with Gasteiger partial charge in [-0.25, -0.2) is 0 Å².